The summed E-state index contributed by atoms with van der Waals surface area (Å²) in [5, 5.41) is 10.1. The van der Waals surface area contributed by atoms with E-state index in [2.05, 4.69) is 0 Å². The zero-order valence-electron chi connectivity index (χ0n) is 20.1. The van der Waals surface area contributed by atoms with Crippen molar-refractivity contribution in [1.82, 2.24) is 14.3 Å². The third-order valence-electron chi connectivity index (χ3n) is 5.99. The van der Waals surface area contributed by atoms with Crippen LogP contribution in [0.4, 0.5) is 5.69 Å². The van der Waals surface area contributed by atoms with Gasteiger partial charge in [-0.1, -0.05) is 53.5 Å². The number of nitrogens with zero attached hydrogens (tertiary/aromatic N) is 3. The summed E-state index contributed by atoms with van der Waals surface area (Å²) >= 11 is 12.5. The first-order valence-electron chi connectivity index (χ1n) is 11.6. The number of anilines is 1. The molecule has 2 N–H and O–H groups in total. The predicted octanol–water partition coefficient (Wildman–Crippen LogP) is 4.95. The summed E-state index contributed by atoms with van der Waals surface area (Å²) in [5.41, 5.74) is 3.56. The lowest BCUT2D eigenvalue weighted by molar-refractivity contribution is -0.117. The van der Waals surface area contributed by atoms with Crippen LogP contribution in [0.25, 0.3) is 23.4 Å². The van der Waals surface area contributed by atoms with Crippen molar-refractivity contribution in [3.05, 3.63) is 105 Å². The molecule has 1 amide bonds. The number of amides is 1. The summed E-state index contributed by atoms with van der Waals surface area (Å²) in [7, 11) is -3.88. The maximum Gasteiger partial charge on any atom is 0.335 e. The molecule has 1 aliphatic heterocycles. The second-order valence-corrected chi connectivity index (χ2v) is 11.1. The molecular formula is C27H20Cl2N4O5S. The number of carbonyl (C=O) groups is 2. The number of carboxylic acid groups (broad SMARTS) is 1. The number of aromatic nitrogens is 2. The first-order chi connectivity index (χ1) is 18.6. The Morgan fingerprint density at radius 2 is 1.74 bits per heavy atom. The van der Waals surface area contributed by atoms with E-state index < -0.39 is 22.1 Å². The van der Waals surface area contributed by atoms with Crippen LogP contribution >= 0.6 is 23.2 Å². The monoisotopic (exact) mass is 582 g/mol. The van der Waals surface area contributed by atoms with E-state index in [9.17, 15) is 23.1 Å². The van der Waals surface area contributed by atoms with E-state index in [4.69, 9.17) is 28.2 Å². The predicted molar refractivity (Wildman–Crippen MR) is 150 cm³/mol. The third-order valence-corrected chi connectivity index (χ3v) is 7.95. The van der Waals surface area contributed by atoms with Crippen LogP contribution in [-0.2, 0) is 21.5 Å². The molecule has 0 spiro atoms. The molecule has 9 nitrogen and oxygen atoms in total. The number of halogens is 2. The molecule has 3 aromatic carbocycles. The quantitative estimate of drug-likeness (QED) is 0.318. The molecule has 1 saturated heterocycles. The van der Waals surface area contributed by atoms with Gasteiger partial charge in [0.05, 0.1) is 22.0 Å². The molecule has 0 aliphatic carbocycles. The summed E-state index contributed by atoms with van der Waals surface area (Å²) in [5.74, 6) is -0.969. The number of aromatic carboxylic acids is 1. The Morgan fingerprint density at radius 3 is 2.36 bits per heavy atom. The van der Waals surface area contributed by atoms with Crippen molar-refractivity contribution >= 4 is 63.1 Å². The Hall–Kier alpha value is -4.12. The Labute approximate surface area is 234 Å². The van der Waals surface area contributed by atoms with Gasteiger partial charge in [0.2, 0.25) is 0 Å². The normalized spacial score (nSPS) is 14.6. The molecule has 2 heterocycles. The Bertz CT molecular complexity index is 1720. The minimum atomic E-state index is -3.88. The van der Waals surface area contributed by atoms with Gasteiger partial charge in [-0.2, -0.15) is 8.42 Å². The lowest BCUT2D eigenvalue weighted by atomic mass is 10.1. The molecule has 4 aromatic rings. The SMILES string of the molecule is O=C1CN(c2ccc(/C=C/c3nc(-c4ccc(Cl)cc4Cl)cn3Cc3ccc(C(=O)O)cc3)cc2)S(=O)(=O)N1. The van der Waals surface area contributed by atoms with Crippen molar-refractivity contribution in [2.75, 3.05) is 10.8 Å². The van der Waals surface area contributed by atoms with E-state index in [1.165, 1.54) is 0 Å². The smallest absolute Gasteiger partial charge is 0.335 e. The van der Waals surface area contributed by atoms with Crippen molar-refractivity contribution in [3.8, 4) is 11.3 Å². The highest BCUT2D eigenvalue weighted by Crippen LogP contribution is 2.30. The van der Waals surface area contributed by atoms with Gasteiger partial charge < -0.3 is 9.67 Å². The average Bonchev–Trinajstić information content (AvgIpc) is 3.41. The number of rotatable bonds is 7. The van der Waals surface area contributed by atoms with Crippen LogP contribution in [0, 0.1) is 0 Å². The van der Waals surface area contributed by atoms with Gasteiger partial charge in [-0.05, 0) is 59.7 Å². The summed E-state index contributed by atoms with van der Waals surface area (Å²) in [6, 6.07) is 18.5. The lowest BCUT2D eigenvalue weighted by Crippen LogP contribution is -2.29. The average molecular weight is 583 g/mol. The summed E-state index contributed by atoms with van der Waals surface area (Å²) in [4.78, 5) is 27.5. The minimum Gasteiger partial charge on any atom is -0.478 e. The molecule has 5 rings (SSSR count). The fraction of sp³-hybridized carbons (Fsp3) is 0.0741. The largest absolute Gasteiger partial charge is 0.478 e. The summed E-state index contributed by atoms with van der Waals surface area (Å²) in [6.07, 6.45) is 5.49. The fourth-order valence-corrected chi connectivity index (χ4v) is 5.72. The van der Waals surface area contributed by atoms with Crippen molar-refractivity contribution in [3.63, 3.8) is 0 Å². The number of hydrogen-bond donors (Lipinski definition) is 2. The van der Waals surface area contributed by atoms with Gasteiger partial charge in [-0.25, -0.2) is 18.8 Å². The molecule has 1 fully saturated rings. The van der Waals surface area contributed by atoms with E-state index in [0.717, 1.165) is 15.4 Å². The number of carboxylic acids is 1. The first kappa shape index (κ1) is 26.5. The molecule has 0 atom stereocenters. The Kier molecular flexibility index (Phi) is 7.17. The lowest BCUT2D eigenvalue weighted by Gasteiger charge is -2.14. The zero-order chi connectivity index (χ0) is 27.7. The highest BCUT2D eigenvalue weighted by atomic mass is 35.5. The van der Waals surface area contributed by atoms with Crippen LogP contribution in [0.1, 0.15) is 27.3 Å². The van der Waals surface area contributed by atoms with Gasteiger partial charge in [-0.3, -0.25) is 4.79 Å². The number of carbonyl (C=O) groups excluding carboxylic acids is 1. The summed E-state index contributed by atoms with van der Waals surface area (Å²) < 4.78 is 29.1. The van der Waals surface area contributed by atoms with Crippen LogP contribution in [-0.4, -0.2) is 41.5 Å². The van der Waals surface area contributed by atoms with Gasteiger partial charge in [0, 0.05) is 23.3 Å². The molecule has 0 unspecified atom stereocenters. The first-order valence-corrected chi connectivity index (χ1v) is 13.7. The topological polar surface area (TPSA) is 122 Å². The highest BCUT2D eigenvalue weighted by molar-refractivity contribution is 7.92. The Morgan fingerprint density at radius 1 is 1.03 bits per heavy atom. The number of imidazole rings is 1. The molecule has 1 aliphatic rings. The van der Waals surface area contributed by atoms with Crippen LogP contribution in [0.15, 0.2) is 72.9 Å². The molecule has 198 valence electrons. The van der Waals surface area contributed by atoms with Crippen molar-refractivity contribution < 1.29 is 23.1 Å². The maximum absolute atomic E-state index is 12.1. The maximum atomic E-state index is 12.1. The second kappa shape index (κ2) is 10.6. The van der Waals surface area contributed by atoms with E-state index in [-0.39, 0.29) is 12.1 Å². The van der Waals surface area contributed by atoms with Gasteiger partial charge in [0.1, 0.15) is 12.4 Å². The zero-order valence-corrected chi connectivity index (χ0v) is 22.4. The van der Waals surface area contributed by atoms with Crippen LogP contribution < -0.4 is 9.03 Å². The van der Waals surface area contributed by atoms with Gasteiger partial charge >= 0.3 is 16.2 Å². The third kappa shape index (κ3) is 5.83. The molecule has 39 heavy (non-hydrogen) atoms. The highest BCUT2D eigenvalue weighted by Gasteiger charge is 2.33. The Balaban J connectivity index is 1.45. The van der Waals surface area contributed by atoms with Crippen LogP contribution in [0.2, 0.25) is 10.0 Å². The fourth-order valence-electron chi connectivity index (χ4n) is 4.07. The van der Waals surface area contributed by atoms with Gasteiger partial charge in [-0.15, -0.1) is 0 Å². The van der Waals surface area contributed by atoms with E-state index in [1.807, 2.05) is 27.6 Å². The second-order valence-electron chi connectivity index (χ2n) is 8.70. The van der Waals surface area contributed by atoms with Crippen molar-refractivity contribution in [2.45, 2.75) is 6.54 Å². The number of nitrogens with one attached hydrogen (secondary N) is 1. The molecule has 0 saturated carbocycles. The van der Waals surface area contributed by atoms with E-state index in [1.54, 1.807) is 66.7 Å². The molecule has 0 radical (unpaired) electrons. The minimum absolute atomic E-state index is 0.198. The molecule has 1 aromatic heterocycles. The van der Waals surface area contributed by atoms with E-state index in [0.29, 0.717) is 39.4 Å². The van der Waals surface area contributed by atoms with Gasteiger partial charge in [0.15, 0.2) is 0 Å². The molecule has 12 heteroatoms. The van der Waals surface area contributed by atoms with Crippen molar-refractivity contribution in [2.24, 2.45) is 0 Å². The van der Waals surface area contributed by atoms with Crippen molar-refractivity contribution in [1.29, 1.82) is 0 Å². The number of benzene rings is 3. The van der Waals surface area contributed by atoms with E-state index >= 15 is 0 Å². The molecular weight excluding hydrogens is 563 g/mol. The van der Waals surface area contributed by atoms with Crippen LogP contribution in [0.5, 0.6) is 0 Å². The van der Waals surface area contributed by atoms with Crippen LogP contribution in [0.3, 0.4) is 0 Å². The summed E-state index contributed by atoms with van der Waals surface area (Å²) in [6.45, 7) is 0.156. The standard InChI is InChI=1S/C27H20Cl2N4O5S/c28-20-8-11-22(23(29)13-20)24-15-32(14-18-1-6-19(7-2-18)27(35)36)25(30-24)12-5-17-3-9-21(10-4-17)33-16-26(34)31-39(33,37)38/h1-13,15H,14,16H2,(H,31,34)(H,35,36)/b12-5+. The number of hydrogen-bond acceptors (Lipinski definition) is 5. The molecule has 0 bridgehead atoms. The van der Waals surface area contributed by atoms with Gasteiger partial charge in [0.25, 0.3) is 5.91 Å².